The molecule has 0 saturated carbocycles. The van der Waals surface area contributed by atoms with Crippen molar-refractivity contribution in [1.29, 1.82) is 0 Å². The highest BCUT2D eigenvalue weighted by Gasteiger charge is 2.22. The van der Waals surface area contributed by atoms with Crippen molar-refractivity contribution in [1.82, 2.24) is 10.2 Å². The summed E-state index contributed by atoms with van der Waals surface area (Å²) in [5, 5.41) is 3.00. The molecular formula is C14H27N3O. The maximum absolute atomic E-state index is 11.9. The van der Waals surface area contributed by atoms with Gasteiger partial charge in [0.05, 0.1) is 5.92 Å². The Morgan fingerprint density at radius 1 is 1.33 bits per heavy atom. The average molecular weight is 253 g/mol. The number of rotatable bonds is 6. The van der Waals surface area contributed by atoms with Crippen molar-refractivity contribution in [3.8, 4) is 0 Å². The zero-order chi connectivity index (χ0) is 13.7. The van der Waals surface area contributed by atoms with Crippen LogP contribution in [0.5, 0.6) is 0 Å². The van der Waals surface area contributed by atoms with Gasteiger partial charge in [0.2, 0.25) is 5.91 Å². The third-order valence-electron chi connectivity index (χ3n) is 3.45. The van der Waals surface area contributed by atoms with E-state index in [1.165, 1.54) is 0 Å². The number of amides is 1. The largest absolute Gasteiger partial charge is 0.354 e. The van der Waals surface area contributed by atoms with Gasteiger partial charge in [-0.3, -0.25) is 9.69 Å². The zero-order valence-corrected chi connectivity index (χ0v) is 12.0. The van der Waals surface area contributed by atoms with E-state index < -0.39 is 0 Å². The van der Waals surface area contributed by atoms with E-state index in [0.717, 1.165) is 13.0 Å². The van der Waals surface area contributed by atoms with Gasteiger partial charge in [-0.2, -0.15) is 0 Å². The second-order valence-electron chi connectivity index (χ2n) is 5.61. The molecule has 0 heterocycles. The van der Waals surface area contributed by atoms with Crippen LogP contribution in [0.15, 0.2) is 12.2 Å². The standard InChI is InChI=1S/C14H27N3O/c1-10(2)17(11(3)4)8-7-16-14(18)12-5-6-13(15)9-12/h5-6,10-13H,7-9,15H2,1-4H3,(H,16,18). The number of hydrogen-bond acceptors (Lipinski definition) is 3. The van der Waals surface area contributed by atoms with E-state index in [9.17, 15) is 4.79 Å². The first-order valence-electron chi connectivity index (χ1n) is 6.89. The molecule has 0 fully saturated rings. The second kappa shape index (κ2) is 6.90. The topological polar surface area (TPSA) is 58.4 Å². The fourth-order valence-corrected chi connectivity index (χ4v) is 2.47. The summed E-state index contributed by atoms with van der Waals surface area (Å²) in [4.78, 5) is 14.2. The van der Waals surface area contributed by atoms with Crippen molar-refractivity contribution in [3.05, 3.63) is 12.2 Å². The quantitative estimate of drug-likeness (QED) is 0.698. The van der Waals surface area contributed by atoms with Gasteiger partial charge < -0.3 is 11.1 Å². The fourth-order valence-electron chi connectivity index (χ4n) is 2.47. The van der Waals surface area contributed by atoms with Crippen LogP contribution in [0.4, 0.5) is 0 Å². The summed E-state index contributed by atoms with van der Waals surface area (Å²) in [6, 6.07) is 1.05. The van der Waals surface area contributed by atoms with Gasteiger partial charge in [0, 0.05) is 31.2 Å². The minimum absolute atomic E-state index is 0.0356. The molecule has 0 aromatic rings. The van der Waals surface area contributed by atoms with Crippen molar-refractivity contribution in [2.24, 2.45) is 11.7 Å². The molecule has 2 unspecified atom stereocenters. The number of nitrogens with zero attached hydrogens (tertiary/aromatic N) is 1. The lowest BCUT2D eigenvalue weighted by Gasteiger charge is -2.30. The average Bonchev–Trinajstić information content (AvgIpc) is 2.69. The summed E-state index contributed by atoms with van der Waals surface area (Å²) >= 11 is 0. The highest BCUT2D eigenvalue weighted by molar-refractivity contribution is 5.81. The second-order valence-corrected chi connectivity index (χ2v) is 5.61. The van der Waals surface area contributed by atoms with Crippen LogP contribution in [0.3, 0.4) is 0 Å². The van der Waals surface area contributed by atoms with Crippen molar-refractivity contribution in [2.45, 2.75) is 52.2 Å². The smallest absolute Gasteiger partial charge is 0.227 e. The van der Waals surface area contributed by atoms with Crippen molar-refractivity contribution in [3.63, 3.8) is 0 Å². The summed E-state index contributed by atoms with van der Waals surface area (Å²) in [5.41, 5.74) is 5.74. The number of hydrogen-bond donors (Lipinski definition) is 2. The third-order valence-corrected chi connectivity index (χ3v) is 3.45. The van der Waals surface area contributed by atoms with Crippen molar-refractivity contribution < 1.29 is 4.79 Å². The Hall–Kier alpha value is -0.870. The Balaban J connectivity index is 2.28. The Morgan fingerprint density at radius 3 is 2.39 bits per heavy atom. The number of nitrogens with one attached hydrogen (secondary N) is 1. The Labute approximate surface area is 111 Å². The SMILES string of the molecule is CC(C)N(CCNC(=O)C1C=CC(N)C1)C(C)C. The molecule has 0 bridgehead atoms. The van der Waals surface area contributed by atoms with E-state index >= 15 is 0 Å². The van der Waals surface area contributed by atoms with Gasteiger partial charge in [-0.25, -0.2) is 0 Å². The molecule has 0 aliphatic heterocycles. The lowest BCUT2D eigenvalue weighted by Crippen LogP contribution is -2.43. The van der Waals surface area contributed by atoms with Crippen LogP contribution in [0.1, 0.15) is 34.1 Å². The number of carbonyl (C=O) groups is 1. The maximum Gasteiger partial charge on any atom is 0.227 e. The van der Waals surface area contributed by atoms with Crippen LogP contribution in [0.2, 0.25) is 0 Å². The zero-order valence-electron chi connectivity index (χ0n) is 12.0. The summed E-state index contributed by atoms with van der Waals surface area (Å²) in [6.45, 7) is 10.3. The number of carbonyl (C=O) groups excluding carboxylic acids is 1. The molecule has 4 heteroatoms. The monoisotopic (exact) mass is 253 g/mol. The summed E-state index contributed by atoms with van der Waals surface area (Å²) in [5.74, 6) is 0.0678. The highest BCUT2D eigenvalue weighted by Crippen LogP contribution is 2.16. The first-order chi connectivity index (χ1) is 8.41. The van der Waals surface area contributed by atoms with Gasteiger partial charge in [0.15, 0.2) is 0 Å². The maximum atomic E-state index is 11.9. The van der Waals surface area contributed by atoms with Crippen LogP contribution in [-0.2, 0) is 4.79 Å². The first kappa shape index (κ1) is 15.2. The molecular weight excluding hydrogens is 226 g/mol. The van der Waals surface area contributed by atoms with Crippen LogP contribution in [0.25, 0.3) is 0 Å². The van der Waals surface area contributed by atoms with Crippen LogP contribution >= 0.6 is 0 Å². The molecule has 3 N–H and O–H groups in total. The number of nitrogens with two attached hydrogens (primary N) is 1. The molecule has 1 rings (SSSR count). The summed E-state index contributed by atoms with van der Waals surface area (Å²) in [6.07, 6.45) is 4.57. The lowest BCUT2D eigenvalue weighted by atomic mass is 10.1. The molecule has 4 nitrogen and oxygen atoms in total. The van der Waals surface area contributed by atoms with Gasteiger partial charge in [0.25, 0.3) is 0 Å². The van der Waals surface area contributed by atoms with E-state index in [2.05, 4.69) is 37.9 Å². The van der Waals surface area contributed by atoms with Crippen LogP contribution in [0, 0.1) is 5.92 Å². The molecule has 104 valence electrons. The van der Waals surface area contributed by atoms with E-state index in [1.807, 2.05) is 12.2 Å². The normalized spacial score (nSPS) is 23.3. The van der Waals surface area contributed by atoms with Gasteiger partial charge in [-0.1, -0.05) is 12.2 Å². The van der Waals surface area contributed by atoms with E-state index in [1.54, 1.807) is 0 Å². The first-order valence-corrected chi connectivity index (χ1v) is 6.89. The molecule has 0 saturated heterocycles. The minimum Gasteiger partial charge on any atom is -0.354 e. The van der Waals surface area contributed by atoms with Gasteiger partial charge in [-0.15, -0.1) is 0 Å². The molecule has 18 heavy (non-hydrogen) atoms. The lowest BCUT2D eigenvalue weighted by molar-refractivity contribution is -0.123. The molecule has 1 amide bonds. The van der Waals surface area contributed by atoms with Crippen LogP contribution < -0.4 is 11.1 Å². The predicted octanol–water partition coefficient (Wildman–Crippen LogP) is 1.12. The van der Waals surface area contributed by atoms with Crippen molar-refractivity contribution in [2.75, 3.05) is 13.1 Å². The highest BCUT2D eigenvalue weighted by atomic mass is 16.1. The van der Waals surface area contributed by atoms with Gasteiger partial charge in [0.1, 0.15) is 0 Å². The fraction of sp³-hybridized carbons (Fsp3) is 0.786. The molecule has 1 aliphatic carbocycles. The molecule has 2 atom stereocenters. The Morgan fingerprint density at radius 2 is 1.94 bits per heavy atom. The molecule has 0 spiro atoms. The van der Waals surface area contributed by atoms with E-state index in [0.29, 0.717) is 18.6 Å². The van der Waals surface area contributed by atoms with Crippen LogP contribution in [-0.4, -0.2) is 42.0 Å². The third kappa shape index (κ3) is 4.42. The Kier molecular flexibility index (Phi) is 5.82. The van der Waals surface area contributed by atoms with Gasteiger partial charge >= 0.3 is 0 Å². The Bertz CT molecular complexity index is 291. The van der Waals surface area contributed by atoms with E-state index in [-0.39, 0.29) is 17.9 Å². The molecule has 1 aliphatic rings. The minimum atomic E-state index is -0.0356. The molecule has 0 aromatic heterocycles. The summed E-state index contributed by atoms with van der Waals surface area (Å²) in [7, 11) is 0. The predicted molar refractivity (Wildman–Crippen MR) is 75.2 cm³/mol. The van der Waals surface area contributed by atoms with E-state index in [4.69, 9.17) is 5.73 Å². The molecule has 0 radical (unpaired) electrons. The summed E-state index contributed by atoms with van der Waals surface area (Å²) < 4.78 is 0. The molecule has 0 aromatic carbocycles. The van der Waals surface area contributed by atoms with Gasteiger partial charge in [-0.05, 0) is 34.1 Å². The van der Waals surface area contributed by atoms with Crippen molar-refractivity contribution >= 4 is 5.91 Å².